The van der Waals surface area contributed by atoms with Crippen molar-refractivity contribution < 1.29 is 18.1 Å². The predicted octanol–water partition coefficient (Wildman–Crippen LogP) is 6.37. The molecule has 0 bridgehead atoms. The van der Waals surface area contributed by atoms with E-state index in [2.05, 4.69) is 15.5 Å². The lowest BCUT2D eigenvalue weighted by atomic mass is 9.94. The number of nitrogens with one attached hydrogen (secondary N) is 1. The highest BCUT2D eigenvalue weighted by Crippen LogP contribution is 2.39. The molecule has 1 unspecified atom stereocenters. The van der Waals surface area contributed by atoms with E-state index < -0.39 is 11.9 Å². The van der Waals surface area contributed by atoms with Gasteiger partial charge in [-0.3, -0.25) is 4.90 Å². The largest absolute Gasteiger partial charge is 0.334 e. The number of hydrogen-bond donors (Lipinski definition) is 1. The van der Waals surface area contributed by atoms with Gasteiger partial charge in [-0.1, -0.05) is 28.9 Å². The standard InChI is InChI=1S/C25H17ClF2N4O2/c1-14-21(24-30-23(31-34-24)16-4-10-19(28)11-5-16)22(15-2-8-18(27)9-3-15)29-25(33)32(14)20-12-6-17(26)7-13-20/h2-13,22H,1H3,(H,29,33). The summed E-state index contributed by atoms with van der Waals surface area (Å²) in [6.07, 6.45) is 0. The minimum atomic E-state index is -0.668. The molecule has 2 amide bonds. The lowest BCUT2D eigenvalue weighted by Gasteiger charge is -2.35. The van der Waals surface area contributed by atoms with Crippen molar-refractivity contribution in [3.63, 3.8) is 0 Å². The molecule has 0 saturated heterocycles. The van der Waals surface area contributed by atoms with E-state index in [1.807, 2.05) is 0 Å². The first-order chi connectivity index (χ1) is 16.4. The van der Waals surface area contributed by atoms with Crippen LogP contribution in [0.3, 0.4) is 0 Å². The zero-order valence-corrected chi connectivity index (χ0v) is 18.6. The molecule has 1 N–H and O–H groups in total. The summed E-state index contributed by atoms with van der Waals surface area (Å²) < 4.78 is 32.5. The maximum Gasteiger partial charge on any atom is 0.326 e. The monoisotopic (exact) mass is 478 g/mol. The molecule has 0 saturated carbocycles. The Kier molecular flexibility index (Phi) is 5.59. The first-order valence-electron chi connectivity index (χ1n) is 10.3. The minimum absolute atomic E-state index is 0.171. The third-order valence-corrected chi connectivity index (χ3v) is 5.78. The van der Waals surface area contributed by atoms with Gasteiger partial charge in [-0.15, -0.1) is 0 Å². The molecule has 1 atom stereocenters. The van der Waals surface area contributed by atoms with Crippen molar-refractivity contribution in [1.82, 2.24) is 15.5 Å². The maximum absolute atomic E-state index is 13.6. The number of hydrogen-bond acceptors (Lipinski definition) is 4. The number of anilines is 1. The zero-order valence-electron chi connectivity index (χ0n) is 17.8. The molecule has 0 spiro atoms. The van der Waals surface area contributed by atoms with E-state index in [0.717, 1.165) is 0 Å². The van der Waals surface area contributed by atoms with Crippen LogP contribution in [0.5, 0.6) is 0 Å². The SMILES string of the molecule is CC1=C(c2nc(-c3ccc(F)cc3)no2)C(c2ccc(F)cc2)NC(=O)N1c1ccc(Cl)cc1. The van der Waals surface area contributed by atoms with Crippen LogP contribution in [0.2, 0.25) is 5.02 Å². The van der Waals surface area contributed by atoms with E-state index in [1.165, 1.54) is 29.2 Å². The van der Waals surface area contributed by atoms with Gasteiger partial charge in [0.1, 0.15) is 11.6 Å². The van der Waals surface area contributed by atoms with Crippen molar-refractivity contribution >= 4 is 28.9 Å². The second kappa shape index (κ2) is 8.72. The normalized spacial score (nSPS) is 16.1. The molecule has 1 aliphatic rings. The van der Waals surface area contributed by atoms with E-state index in [1.54, 1.807) is 55.5 Å². The molecule has 0 aliphatic carbocycles. The summed E-state index contributed by atoms with van der Waals surface area (Å²) in [5.74, 6) is -0.337. The van der Waals surface area contributed by atoms with Gasteiger partial charge in [0, 0.05) is 16.3 Å². The number of halogens is 3. The Balaban J connectivity index is 1.64. The first-order valence-corrected chi connectivity index (χ1v) is 10.7. The van der Waals surface area contributed by atoms with Gasteiger partial charge < -0.3 is 9.84 Å². The van der Waals surface area contributed by atoms with Crippen LogP contribution in [0.4, 0.5) is 19.3 Å². The van der Waals surface area contributed by atoms with Crippen molar-refractivity contribution in [1.29, 1.82) is 0 Å². The van der Waals surface area contributed by atoms with Crippen LogP contribution in [0, 0.1) is 11.6 Å². The van der Waals surface area contributed by atoms with Gasteiger partial charge in [0.2, 0.25) is 5.82 Å². The Labute approximate surface area is 198 Å². The Morgan fingerprint density at radius 2 is 1.56 bits per heavy atom. The number of allylic oxidation sites excluding steroid dienone is 1. The number of amides is 2. The van der Waals surface area contributed by atoms with Gasteiger partial charge in [0.15, 0.2) is 0 Å². The smallest absolute Gasteiger partial charge is 0.326 e. The van der Waals surface area contributed by atoms with Crippen LogP contribution >= 0.6 is 11.6 Å². The highest BCUT2D eigenvalue weighted by atomic mass is 35.5. The molecular formula is C25H17ClF2N4O2. The van der Waals surface area contributed by atoms with Gasteiger partial charge >= 0.3 is 6.03 Å². The molecule has 1 aliphatic heterocycles. The molecular weight excluding hydrogens is 462 g/mol. The minimum Gasteiger partial charge on any atom is -0.334 e. The summed E-state index contributed by atoms with van der Waals surface area (Å²) in [6, 6.07) is 17.3. The fraction of sp³-hybridized carbons (Fsp3) is 0.0800. The van der Waals surface area contributed by atoms with Crippen molar-refractivity contribution in [2.75, 3.05) is 4.90 Å². The lowest BCUT2D eigenvalue weighted by molar-refractivity contribution is 0.244. The summed E-state index contributed by atoms with van der Waals surface area (Å²) in [5, 5.41) is 7.53. The van der Waals surface area contributed by atoms with Crippen LogP contribution in [-0.2, 0) is 0 Å². The summed E-state index contributed by atoms with van der Waals surface area (Å²) >= 11 is 6.02. The number of rotatable bonds is 4. The van der Waals surface area contributed by atoms with Crippen molar-refractivity contribution in [3.05, 3.63) is 107 Å². The Bertz CT molecular complexity index is 1380. The Morgan fingerprint density at radius 1 is 0.941 bits per heavy atom. The molecule has 5 rings (SSSR count). The van der Waals surface area contributed by atoms with Crippen LogP contribution in [-0.4, -0.2) is 16.2 Å². The first kappa shape index (κ1) is 21.8. The van der Waals surface area contributed by atoms with Crippen LogP contribution < -0.4 is 10.2 Å². The third kappa shape index (κ3) is 4.04. The molecule has 0 radical (unpaired) electrons. The average Bonchev–Trinajstić information content (AvgIpc) is 3.30. The molecule has 4 aromatic rings. The van der Waals surface area contributed by atoms with E-state index in [0.29, 0.717) is 33.1 Å². The van der Waals surface area contributed by atoms with Gasteiger partial charge in [-0.2, -0.15) is 4.98 Å². The van der Waals surface area contributed by atoms with Crippen molar-refractivity contribution in [3.8, 4) is 11.4 Å². The van der Waals surface area contributed by atoms with E-state index in [-0.39, 0.29) is 23.6 Å². The summed E-state index contributed by atoms with van der Waals surface area (Å²) in [6.45, 7) is 1.76. The second-order valence-electron chi connectivity index (χ2n) is 7.67. The van der Waals surface area contributed by atoms with Gasteiger partial charge in [-0.05, 0) is 73.2 Å². The van der Waals surface area contributed by atoms with Crippen molar-refractivity contribution in [2.45, 2.75) is 13.0 Å². The van der Waals surface area contributed by atoms with Crippen molar-refractivity contribution in [2.24, 2.45) is 0 Å². The number of carbonyl (C=O) groups is 1. The zero-order chi connectivity index (χ0) is 23.8. The lowest BCUT2D eigenvalue weighted by Crippen LogP contribution is -2.46. The molecule has 170 valence electrons. The molecule has 9 heteroatoms. The average molecular weight is 479 g/mol. The fourth-order valence-corrected chi connectivity index (χ4v) is 4.00. The Hall–Kier alpha value is -4.04. The van der Waals surface area contributed by atoms with E-state index in [9.17, 15) is 13.6 Å². The van der Waals surface area contributed by atoms with E-state index in [4.69, 9.17) is 16.1 Å². The highest BCUT2D eigenvalue weighted by molar-refractivity contribution is 6.30. The second-order valence-corrected chi connectivity index (χ2v) is 8.11. The van der Waals surface area contributed by atoms with Gasteiger partial charge in [0.25, 0.3) is 5.89 Å². The summed E-state index contributed by atoms with van der Waals surface area (Å²) in [5.41, 5.74) is 2.90. The molecule has 34 heavy (non-hydrogen) atoms. The van der Waals surface area contributed by atoms with Gasteiger partial charge in [0.05, 0.1) is 17.3 Å². The quantitative estimate of drug-likeness (QED) is 0.370. The number of nitrogens with zero attached hydrogens (tertiary/aromatic N) is 3. The topological polar surface area (TPSA) is 71.3 Å². The third-order valence-electron chi connectivity index (χ3n) is 5.53. The number of urea groups is 1. The molecule has 3 aromatic carbocycles. The Morgan fingerprint density at radius 3 is 2.21 bits per heavy atom. The molecule has 6 nitrogen and oxygen atoms in total. The number of benzene rings is 3. The predicted molar refractivity (Wildman–Crippen MR) is 124 cm³/mol. The molecule has 1 aromatic heterocycles. The molecule has 0 fully saturated rings. The molecule has 2 heterocycles. The fourth-order valence-electron chi connectivity index (χ4n) is 3.88. The van der Waals surface area contributed by atoms with Gasteiger partial charge in [-0.25, -0.2) is 13.6 Å². The highest BCUT2D eigenvalue weighted by Gasteiger charge is 2.36. The maximum atomic E-state index is 13.6. The van der Waals surface area contributed by atoms with Crippen LogP contribution in [0.15, 0.2) is 83.0 Å². The summed E-state index contributed by atoms with van der Waals surface area (Å²) in [4.78, 5) is 19.1. The number of carbonyl (C=O) groups excluding carboxylic acids is 1. The van der Waals surface area contributed by atoms with E-state index >= 15 is 0 Å². The van der Waals surface area contributed by atoms with Crippen LogP contribution in [0.25, 0.3) is 17.0 Å². The van der Waals surface area contributed by atoms with Crippen LogP contribution in [0.1, 0.15) is 24.4 Å². The number of aromatic nitrogens is 2. The summed E-state index contributed by atoms with van der Waals surface area (Å²) in [7, 11) is 0.